The van der Waals surface area contributed by atoms with Crippen LogP contribution in [0, 0.1) is 13.8 Å². The van der Waals surface area contributed by atoms with E-state index in [0.717, 1.165) is 24.3 Å². The lowest BCUT2D eigenvalue weighted by molar-refractivity contribution is -0.166. The van der Waals surface area contributed by atoms with E-state index in [1.165, 1.54) is 60.7 Å². The molecule has 0 aliphatic rings. The summed E-state index contributed by atoms with van der Waals surface area (Å²) in [7, 11) is -8.51. The highest BCUT2D eigenvalue weighted by molar-refractivity contribution is 7.87. The van der Waals surface area contributed by atoms with Crippen molar-refractivity contribution < 1.29 is 38.4 Å². The standard InChI is InChI=1S/C34H27F3O6S2/c1-24-10-6-8-14-31(24)44(38,39)42-29-20-16-27(17-21-29)33(34(35,36)37,26-12-4-3-5-13-26)28-18-22-30(23-19-28)43-45(40,41)32-15-9-7-11-25(32)2/h3-23H,1-2H3. The Kier molecular flexibility index (Phi) is 8.52. The molecule has 0 atom stereocenters. The molecule has 0 fully saturated rings. The molecule has 6 nitrogen and oxygen atoms in total. The predicted octanol–water partition coefficient (Wildman–Crippen LogP) is 7.74. The van der Waals surface area contributed by atoms with Crippen molar-refractivity contribution in [3.05, 3.63) is 155 Å². The molecule has 0 N–H and O–H groups in total. The van der Waals surface area contributed by atoms with Crippen molar-refractivity contribution in [2.45, 2.75) is 35.2 Å². The normalized spacial score (nSPS) is 12.5. The fraction of sp³-hybridized carbons (Fsp3) is 0.118. The van der Waals surface area contributed by atoms with Crippen molar-refractivity contribution in [1.82, 2.24) is 0 Å². The maximum atomic E-state index is 15.5. The van der Waals surface area contributed by atoms with Crippen molar-refractivity contribution in [1.29, 1.82) is 0 Å². The molecule has 0 amide bonds. The molecule has 0 heterocycles. The summed E-state index contributed by atoms with van der Waals surface area (Å²) < 4.78 is 108. The van der Waals surface area contributed by atoms with E-state index < -0.39 is 31.8 Å². The van der Waals surface area contributed by atoms with Gasteiger partial charge in [-0.05, 0) is 78.1 Å². The fourth-order valence-electron chi connectivity index (χ4n) is 5.22. The fourth-order valence-corrected chi connectivity index (χ4v) is 7.54. The first-order valence-electron chi connectivity index (χ1n) is 13.6. The highest BCUT2D eigenvalue weighted by atomic mass is 32.2. The first-order valence-corrected chi connectivity index (χ1v) is 16.4. The highest BCUT2D eigenvalue weighted by Crippen LogP contribution is 2.51. The molecule has 11 heteroatoms. The predicted molar refractivity (Wildman–Crippen MR) is 163 cm³/mol. The van der Waals surface area contributed by atoms with Crippen LogP contribution in [-0.2, 0) is 25.7 Å². The summed E-state index contributed by atoms with van der Waals surface area (Å²) in [6, 6.07) is 28.9. The van der Waals surface area contributed by atoms with Crippen LogP contribution in [0.3, 0.4) is 0 Å². The van der Waals surface area contributed by atoms with Crippen LogP contribution in [0.15, 0.2) is 137 Å². The van der Waals surface area contributed by atoms with Crippen LogP contribution in [0.1, 0.15) is 27.8 Å². The van der Waals surface area contributed by atoms with E-state index in [1.807, 2.05) is 0 Å². The van der Waals surface area contributed by atoms with Crippen LogP contribution in [0.2, 0.25) is 0 Å². The Balaban J connectivity index is 1.57. The monoisotopic (exact) mass is 652 g/mol. The number of hydrogen-bond donors (Lipinski definition) is 0. The Hall–Kier alpha value is -4.61. The van der Waals surface area contributed by atoms with Crippen molar-refractivity contribution >= 4 is 20.2 Å². The van der Waals surface area contributed by atoms with Crippen molar-refractivity contribution in [3.63, 3.8) is 0 Å². The van der Waals surface area contributed by atoms with Gasteiger partial charge in [-0.25, -0.2) is 0 Å². The van der Waals surface area contributed by atoms with E-state index in [2.05, 4.69) is 0 Å². The van der Waals surface area contributed by atoms with Gasteiger partial charge in [0.05, 0.1) is 0 Å². The number of hydrogen-bond acceptors (Lipinski definition) is 6. The van der Waals surface area contributed by atoms with Crippen LogP contribution in [0.5, 0.6) is 11.5 Å². The van der Waals surface area contributed by atoms with Gasteiger partial charge >= 0.3 is 26.4 Å². The van der Waals surface area contributed by atoms with E-state index in [-0.39, 0.29) is 38.0 Å². The maximum absolute atomic E-state index is 15.5. The number of rotatable bonds is 9. The molecule has 0 bridgehead atoms. The zero-order valence-corrected chi connectivity index (χ0v) is 25.7. The van der Waals surface area contributed by atoms with Gasteiger partial charge in [-0.3, -0.25) is 0 Å². The zero-order valence-electron chi connectivity index (χ0n) is 24.0. The Morgan fingerprint density at radius 1 is 0.467 bits per heavy atom. The summed E-state index contributed by atoms with van der Waals surface area (Å²) in [6.07, 6.45) is -4.90. The lowest BCUT2D eigenvalue weighted by atomic mass is 9.69. The number of alkyl halides is 3. The van der Waals surface area contributed by atoms with Gasteiger partial charge in [0.25, 0.3) is 0 Å². The maximum Gasteiger partial charge on any atom is 0.406 e. The molecule has 0 saturated heterocycles. The van der Waals surface area contributed by atoms with Gasteiger partial charge in [-0.1, -0.05) is 91.0 Å². The molecule has 0 saturated carbocycles. The van der Waals surface area contributed by atoms with Gasteiger partial charge in [-0.15, -0.1) is 0 Å². The quantitative estimate of drug-likeness (QED) is 0.120. The van der Waals surface area contributed by atoms with Gasteiger partial charge in [0.15, 0.2) is 0 Å². The Labute approximate surface area is 260 Å². The smallest absolute Gasteiger partial charge is 0.379 e. The summed E-state index contributed by atoms with van der Waals surface area (Å²) in [6.45, 7) is 3.21. The van der Waals surface area contributed by atoms with Gasteiger partial charge < -0.3 is 8.37 Å². The lowest BCUT2D eigenvalue weighted by Crippen LogP contribution is -2.44. The molecule has 0 radical (unpaired) electrons. The molecule has 232 valence electrons. The molecule has 5 aromatic carbocycles. The van der Waals surface area contributed by atoms with Gasteiger partial charge in [0, 0.05) is 0 Å². The Morgan fingerprint density at radius 2 is 0.800 bits per heavy atom. The van der Waals surface area contributed by atoms with Crippen LogP contribution >= 0.6 is 0 Å². The van der Waals surface area contributed by atoms with E-state index in [9.17, 15) is 16.8 Å². The van der Waals surface area contributed by atoms with Gasteiger partial charge in [0.2, 0.25) is 0 Å². The summed E-state index contributed by atoms with van der Waals surface area (Å²) in [5.41, 5.74) is -2.37. The third kappa shape index (κ3) is 6.18. The van der Waals surface area contributed by atoms with Crippen molar-refractivity contribution in [2.75, 3.05) is 0 Å². The van der Waals surface area contributed by atoms with Crippen LogP contribution in [-0.4, -0.2) is 23.0 Å². The van der Waals surface area contributed by atoms with E-state index in [4.69, 9.17) is 8.37 Å². The Bertz CT molecular complexity index is 1900. The average Bonchev–Trinajstić information content (AvgIpc) is 2.99. The van der Waals surface area contributed by atoms with Crippen LogP contribution in [0.4, 0.5) is 13.2 Å². The molecule has 0 spiro atoms. The Morgan fingerprint density at radius 3 is 1.16 bits per heavy atom. The topological polar surface area (TPSA) is 86.7 Å². The number of benzene rings is 5. The van der Waals surface area contributed by atoms with Gasteiger partial charge in [0.1, 0.15) is 26.7 Å². The minimum atomic E-state index is -4.90. The second kappa shape index (κ2) is 12.1. The second-order valence-electron chi connectivity index (χ2n) is 10.3. The zero-order chi connectivity index (χ0) is 32.5. The third-order valence-electron chi connectivity index (χ3n) is 7.34. The average molecular weight is 653 g/mol. The molecule has 0 aromatic heterocycles. The van der Waals surface area contributed by atoms with E-state index in [1.54, 1.807) is 56.3 Å². The third-order valence-corrected chi connectivity index (χ3v) is 10.2. The molecule has 0 aliphatic carbocycles. The minimum absolute atomic E-state index is 0.0604. The summed E-state index contributed by atoms with van der Waals surface area (Å²) >= 11 is 0. The molecular formula is C34H27F3O6S2. The molecule has 5 aromatic rings. The first-order chi connectivity index (χ1) is 21.3. The molecule has 0 unspecified atom stereocenters. The SMILES string of the molecule is Cc1ccccc1S(=O)(=O)Oc1ccc(C(c2ccccc2)(c2ccc(OS(=O)(=O)c3ccccc3C)cc2)C(F)(F)F)cc1. The first kappa shape index (κ1) is 31.8. The van der Waals surface area contributed by atoms with Crippen molar-refractivity contribution in [3.8, 4) is 11.5 Å². The minimum Gasteiger partial charge on any atom is -0.379 e. The molecule has 5 rings (SSSR count). The summed E-state index contributed by atoms with van der Waals surface area (Å²) in [4.78, 5) is -0.121. The summed E-state index contributed by atoms with van der Waals surface area (Å²) in [5.74, 6) is -0.340. The van der Waals surface area contributed by atoms with E-state index in [0.29, 0.717) is 11.1 Å². The highest BCUT2D eigenvalue weighted by Gasteiger charge is 2.58. The molecule has 0 aliphatic heterocycles. The lowest BCUT2D eigenvalue weighted by Gasteiger charge is -2.37. The second-order valence-corrected chi connectivity index (χ2v) is 13.3. The van der Waals surface area contributed by atoms with Crippen LogP contribution in [0.25, 0.3) is 0 Å². The number of halogens is 3. The van der Waals surface area contributed by atoms with Gasteiger partial charge in [-0.2, -0.15) is 30.0 Å². The summed E-state index contributed by atoms with van der Waals surface area (Å²) in [5, 5.41) is 0. The van der Waals surface area contributed by atoms with Crippen molar-refractivity contribution in [2.24, 2.45) is 0 Å². The van der Waals surface area contributed by atoms with Crippen LogP contribution < -0.4 is 8.37 Å². The largest absolute Gasteiger partial charge is 0.406 e. The van der Waals surface area contributed by atoms with E-state index >= 15 is 13.2 Å². The molecule has 45 heavy (non-hydrogen) atoms. The number of aryl methyl sites for hydroxylation is 2. The molecular weight excluding hydrogens is 625 g/mol.